The largest absolute Gasteiger partial charge is 0.300 e. The van der Waals surface area contributed by atoms with Gasteiger partial charge in [-0.15, -0.1) is 11.8 Å². The van der Waals surface area contributed by atoms with Crippen molar-refractivity contribution in [3.05, 3.63) is 66.0 Å². The predicted molar refractivity (Wildman–Crippen MR) is 100 cm³/mol. The van der Waals surface area contributed by atoms with Crippen LogP contribution in [0.25, 0.3) is 0 Å². The predicted octanol–water partition coefficient (Wildman–Crippen LogP) is 3.78. The molecule has 0 unspecified atom stereocenters. The fraction of sp³-hybridized carbons (Fsp3) is 0.400. The minimum atomic E-state index is -0.161. The number of piperazine rings is 1. The molecule has 0 aromatic heterocycles. The van der Waals surface area contributed by atoms with Gasteiger partial charge >= 0.3 is 0 Å². The van der Waals surface area contributed by atoms with Crippen LogP contribution in [0, 0.1) is 5.82 Å². The number of hydrogen-bond donors (Lipinski definition) is 0. The Balaban J connectivity index is 1.31. The Labute approximate surface area is 148 Å². The zero-order valence-electron chi connectivity index (χ0n) is 14.0. The van der Waals surface area contributed by atoms with Gasteiger partial charge in [0.05, 0.1) is 0 Å². The van der Waals surface area contributed by atoms with Crippen LogP contribution in [0.3, 0.4) is 0 Å². The van der Waals surface area contributed by atoms with E-state index in [0.717, 1.165) is 56.3 Å². The first-order valence-corrected chi connectivity index (χ1v) is 9.65. The van der Waals surface area contributed by atoms with Crippen molar-refractivity contribution in [2.75, 3.05) is 45.0 Å². The van der Waals surface area contributed by atoms with Crippen molar-refractivity contribution in [3.8, 4) is 0 Å². The van der Waals surface area contributed by atoms with E-state index in [1.54, 1.807) is 0 Å². The zero-order valence-corrected chi connectivity index (χ0v) is 14.9. The second kappa shape index (κ2) is 9.21. The summed E-state index contributed by atoms with van der Waals surface area (Å²) in [7, 11) is 0. The van der Waals surface area contributed by atoms with Gasteiger partial charge in [0.15, 0.2) is 0 Å². The van der Waals surface area contributed by atoms with Crippen LogP contribution in [0.1, 0.15) is 5.56 Å². The van der Waals surface area contributed by atoms with Crippen molar-refractivity contribution in [2.24, 2.45) is 0 Å². The van der Waals surface area contributed by atoms with Crippen LogP contribution < -0.4 is 0 Å². The van der Waals surface area contributed by atoms with E-state index in [1.165, 1.54) is 17.7 Å². The van der Waals surface area contributed by atoms with Crippen molar-refractivity contribution in [2.45, 2.75) is 11.3 Å². The highest BCUT2D eigenvalue weighted by Gasteiger charge is 2.16. The van der Waals surface area contributed by atoms with Crippen LogP contribution in [0.5, 0.6) is 0 Å². The van der Waals surface area contributed by atoms with E-state index in [4.69, 9.17) is 0 Å². The third-order valence-electron chi connectivity index (χ3n) is 4.51. The fourth-order valence-electron chi connectivity index (χ4n) is 2.99. The van der Waals surface area contributed by atoms with Gasteiger partial charge in [0.1, 0.15) is 5.82 Å². The van der Waals surface area contributed by atoms with Gasteiger partial charge in [-0.3, -0.25) is 4.90 Å². The lowest BCUT2D eigenvalue weighted by Gasteiger charge is -2.34. The highest BCUT2D eigenvalue weighted by molar-refractivity contribution is 7.99. The summed E-state index contributed by atoms with van der Waals surface area (Å²) in [4.78, 5) is 6.25. The Morgan fingerprint density at radius 1 is 0.792 bits per heavy atom. The van der Waals surface area contributed by atoms with E-state index in [0.29, 0.717) is 0 Å². The molecule has 0 spiro atoms. The minimum Gasteiger partial charge on any atom is -0.300 e. The molecule has 0 saturated carbocycles. The molecule has 1 aliphatic heterocycles. The summed E-state index contributed by atoms with van der Waals surface area (Å²) in [6.07, 6.45) is 1.14. The van der Waals surface area contributed by atoms with E-state index < -0.39 is 0 Å². The summed E-state index contributed by atoms with van der Waals surface area (Å²) in [6.45, 7) is 6.89. The molecule has 2 nitrogen and oxygen atoms in total. The first kappa shape index (κ1) is 17.5. The molecule has 0 amide bonds. The van der Waals surface area contributed by atoms with Gasteiger partial charge in [0.2, 0.25) is 0 Å². The Morgan fingerprint density at radius 3 is 2.08 bits per heavy atom. The molecule has 128 valence electrons. The molecule has 3 rings (SSSR count). The molecule has 0 radical (unpaired) electrons. The normalized spacial score (nSPS) is 16.4. The summed E-state index contributed by atoms with van der Waals surface area (Å²) < 4.78 is 12.9. The first-order chi connectivity index (χ1) is 11.8. The van der Waals surface area contributed by atoms with Gasteiger partial charge in [0.25, 0.3) is 0 Å². The van der Waals surface area contributed by atoms with E-state index in [9.17, 15) is 4.39 Å². The Kier molecular flexibility index (Phi) is 6.70. The lowest BCUT2D eigenvalue weighted by atomic mass is 10.1. The molecule has 2 aromatic carbocycles. The third-order valence-corrected chi connectivity index (χ3v) is 5.51. The van der Waals surface area contributed by atoms with Crippen LogP contribution in [0.4, 0.5) is 4.39 Å². The molecular weight excluding hydrogens is 319 g/mol. The van der Waals surface area contributed by atoms with Crippen LogP contribution in [-0.2, 0) is 6.42 Å². The second-order valence-corrected chi connectivity index (χ2v) is 7.39. The maximum absolute atomic E-state index is 12.9. The van der Waals surface area contributed by atoms with Crippen molar-refractivity contribution in [3.63, 3.8) is 0 Å². The van der Waals surface area contributed by atoms with Crippen molar-refractivity contribution < 1.29 is 4.39 Å². The zero-order chi connectivity index (χ0) is 16.6. The summed E-state index contributed by atoms with van der Waals surface area (Å²) in [5, 5.41) is 0. The Morgan fingerprint density at radius 2 is 1.42 bits per heavy atom. The van der Waals surface area contributed by atoms with Gasteiger partial charge in [-0.1, -0.05) is 30.3 Å². The molecule has 1 saturated heterocycles. The van der Waals surface area contributed by atoms with Crippen molar-refractivity contribution >= 4 is 11.8 Å². The highest BCUT2D eigenvalue weighted by Crippen LogP contribution is 2.18. The molecule has 1 fully saturated rings. The van der Waals surface area contributed by atoms with Gasteiger partial charge in [-0.2, -0.15) is 0 Å². The topological polar surface area (TPSA) is 6.48 Å². The molecular formula is C20H25FN2S. The standard InChI is InChI=1S/C20H25FN2S/c21-19-6-8-20(9-7-19)24-17-16-23-14-12-22(13-15-23)11-10-18-4-2-1-3-5-18/h1-9H,10-17H2. The molecule has 24 heavy (non-hydrogen) atoms. The second-order valence-electron chi connectivity index (χ2n) is 6.22. The highest BCUT2D eigenvalue weighted by atomic mass is 32.2. The SMILES string of the molecule is Fc1ccc(SCCN2CCN(CCc3ccccc3)CC2)cc1. The average Bonchev–Trinajstić information content (AvgIpc) is 2.64. The minimum absolute atomic E-state index is 0.161. The Hall–Kier alpha value is -1.36. The number of rotatable bonds is 7. The first-order valence-electron chi connectivity index (χ1n) is 8.66. The third kappa shape index (κ3) is 5.62. The van der Waals surface area contributed by atoms with Gasteiger partial charge < -0.3 is 4.90 Å². The number of hydrogen-bond acceptors (Lipinski definition) is 3. The Bertz CT molecular complexity index is 595. The van der Waals surface area contributed by atoms with Crippen LogP contribution >= 0.6 is 11.8 Å². The smallest absolute Gasteiger partial charge is 0.123 e. The summed E-state index contributed by atoms with van der Waals surface area (Å²) in [5.74, 6) is 0.904. The monoisotopic (exact) mass is 344 g/mol. The van der Waals surface area contributed by atoms with Crippen molar-refractivity contribution in [1.29, 1.82) is 0 Å². The molecule has 4 heteroatoms. The number of benzene rings is 2. The molecule has 0 aliphatic carbocycles. The van der Waals surface area contributed by atoms with E-state index in [1.807, 2.05) is 23.9 Å². The van der Waals surface area contributed by atoms with Crippen LogP contribution in [0.15, 0.2) is 59.5 Å². The van der Waals surface area contributed by atoms with Gasteiger partial charge in [-0.25, -0.2) is 4.39 Å². The molecule has 0 N–H and O–H groups in total. The number of halogens is 1. The molecule has 1 aliphatic rings. The summed E-state index contributed by atoms with van der Waals surface area (Å²) >= 11 is 1.81. The molecule has 1 heterocycles. The number of nitrogens with zero attached hydrogens (tertiary/aromatic N) is 2. The molecule has 2 aromatic rings. The average molecular weight is 344 g/mol. The van der Waals surface area contributed by atoms with Gasteiger partial charge in [0, 0.05) is 49.9 Å². The maximum atomic E-state index is 12.9. The lowest BCUT2D eigenvalue weighted by Crippen LogP contribution is -2.47. The quantitative estimate of drug-likeness (QED) is 0.706. The molecule has 0 atom stereocenters. The van der Waals surface area contributed by atoms with Crippen molar-refractivity contribution in [1.82, 2.24) is 9.80 Å². The van der Waals surface area contributed by atoms with E-state index in [-0.39, 0.29) is 5.82 Å². The van der Waals surface area contributed by atoms with Gasteiger partial charge in [-0.05, 0) is 36.2 Å². The van der Waals surface area contributed by atoms with Crippen LogP contribution in [-0.4, -0.2) is 54.8 Å². The van der Waals surface area contributed by atoms with E-state index >= 15 is 0 Å². The van der Waals surface area contributed by atoms with Crippen LogP contribution in [0.2, 0.25) is 0 Å². The lowest BCUT2D eigenvalue weighted by molar-refractivity contribution is 0.139. The van der Waals surface area contributed by atoms with E-state index in [2.05, 4.69) is 40.1 Å². The summed E-state index contributed by atoms with van der Waals surface area (Å²) in [5.41, 5.74) is 1.43. The molecule has 0 bridgehead atoms. The number of thioether (sulfide) groups is 1. The maximum Gasteiger partial charge on any atom is 0.123 e. The summed E-state index contributed by atoms with van der Waals surface area (Å²) in [6, 6.07) is 17.5. The fourth-order valence-corrected chi connectivity index (χ4v) is 3.91.